The van der Waals surface area contributed by atoms with E-state index < -0.39 is 11.7 Å². The number of hydrogen-bond donors (Lipinski definition) is 0. The Morgan fingerprint density at radius 3 is 2.48 bits per heavy atom. The van der Waals surface area contributed by atoms with Crippen LogP contribution in [0.2, 0.25) is 0 Å². The topological polar surface area (TPSA) is 47.9 Å². The number of ether oxygens (including phenoxy) is 2. The third-order valence-electron chi connectivity index (χ3n) is 4.78. The van der Waals surface area contributed by atoms with Crippen LogP contribution in [0.1, 0.15) is 22.3 Å². The molecule has 0 bridgehead atoms. The quantitative estimate of drug-likeness (QED) is 0.395. The van der Waals surface area contributed by atoms with Crippen LogP contribution in [-0.2, 0) is 17.6 Å². The lowest BCUT2D eigenvalue weighted by molar-refractivity contribution is -0.137. The minimum absolute atomic E-state index is 0.0523. The van der Waals surface area contributed by atoms with Gasteiger partial charge in [-0.1, -0.05) is 60.3 Å². The second-order valence-corrected chi connectivity index (χ2v) is 8.13. The molecule has 0 aromatic heterocycles. The number of methoxy groups -OCH3 is 1. The number of nitrogens with zero attached hydrogens (tertiary/aromatic N) is 1. The van der Waals surface area contributed by atoms with Gasteiger partial charge in [0.1, 0.15) is 11.7 Å². The molecule has 1 amide bonds. The Morgan fingerprint density at radius 1 is 0.970 bits per heavy atom. The van der Waals surface area contributed by atoms with Gasteiger partial charge >= 0.3 is 6.18 Å². The highest BCUT2D eigenvalue weighted by Crippen LogP contribution is 2.35. The summed E-state index contributed by atoms with van der Waals surface area (Å²) in [6, 6.07) is 19.5. The Bertz CT molecular complexity index is 1240. The summed E-state index contributed by atoms with van der Waals surface area (Å²) >= 11 is 1.29. The fourth-order valence-corrected chi connectivity index (χ4v) is 4.08. The highest BCUT2D eigenvalue weighted by Gasteiger charge is 2.30. The summed E-state index contributed by atoms with van der Waals surface area (Å²) in [6.45, 7) is -0.0523. The smallest absolute Gasteiger partial charge is 0.416 e. The lowest BCUT2D eigenvalue weighted by Gasteiger charge is -2.13. The largest absolute Gasteiger partial charge is 0.493 e. The molecule has 0 fully saturated rings. The Balaban J connectivity index is 1.48. The highest BCUT2D eigenvalue weighted by atomic mass is 32.2. The third-order valence-corrected chi connectivity index (χ3v) is 5.81. The Morgan fingerprint density at radius 2 is 1.76 bits per heavy atom. The van der Waals surface area contributed by atoms with Gasteiger partial charge in [-0.25, -0.2) is 4.99 Å². The molecule has 1 aliphatic heterocycles. The van der Waals surface area contributed by atoms with Gasteiger partial charge in [-0.3, -0.25) is 4.79 Å². The molecule has 0 atom stereocenters. The monoisotopic (exact) mass is 469 g/mol. The van der Waals surface area contributed by atoms with Gasteiger partial charge in [0.05, 0.1) is 17.6 Å². The number of halogens is 3. The number of hydrogen-bond acceptors (Lipinski definition) is 4. The van der Waals surface area contributed by atoms with Gasteiger partial charge in [0, 0.05) is 5.56 Å². The zero-order valence-electron chi connectivity index (χ0n) is 17.4. The van der Waals surface area contributed by atoms with Crippen molar-refractivity contribution < 1.29 is 27.4 Å². The molecule has 0 unspecified atom stereocenters. The van der Waals surface area contributed by atoms with Gasteiger partial charge in [0.2, 0.25) is 0 Å². The molecule has 3 aromatic carbocycles. The standard InChI is InChI=1S/C25H18F3NO3S/c1-31-21-13-16(14-22-23(30)29-24(33-22)18-7-3-2-4-8-18)10-11-20(21)32-15-17-6-5-9-19(12-17)25(26,27)28/h2-14H,15H2,1H3/b22-14-. The molecule has 0 spiro atoms. The zero-order chi connectivity index (χ0) is 23.4. The fraction of sp³-hybridized carbons (Fsp3) is 0.120. The summed E-state index contributed by atoms with van der Waals surface area (Å²) in [7, 11) is 1.47. The molecule has 168 valence electrons. The number of carbonyl (C=O) groups excluding carboxylic acids is 1. The molecule has 4 nitrogen and oxygen atoms in total. The SMILES string of the molecule is COc1cc(/C=C2\SC(c3ccccc3)=NC2=O)ccc1OCc1cccc(C(F)(F)F)c1. The molecule has 1 aliphatic rings. The van der Waals surface area contributed by atoms with Crippen LogP contribution >= 0.6 is 11.8 Å². The lowest BCUT2D eigenvalue weighted by atomic mass is 10.1. The van der Waals surface area contributed by atoms with Gasteiger partial charge in [-0.15, -0.1) is 0 Å². The van der Waals surface area contributed by atoms with Gasteiger partial charge in [0.15, 0.2) is 11.5 Å². The molecule has 0 saturated heterocycles. The number of amides is 1. The van der Waals surface area contributed by atoms with Crippen molar-refractivity contribution in [3.05, 3.63) is 100.0 Å². The summed E-state index contributed by atoms with van der Waals surface area (Å²) in [6.07, 6.45) is -2.70. The molecular weight excluding hydrogens is 451 g/mol. The van der Waals surface area contributed by atoms with E-state index in [1.54, 1.807) is 30.3 Å². The predicted octanol–water partition coefficient (Wildman–Crippen LogP) is 6.35. The summed E-state index contributed by atoms with van der Waals surface area (Å²) in [4.78, 5) is 16.9. The first-order chi connectivity index (χ1) is 15.8. The van der Waals surface area contributed by atoms with Crippen molar-refractivity contribution in [2.24, 2.45) is 4.99 Å². The first-order valence-corrected chi connectivity index (χ1v) is 10.7. The summed E-state index contributed by atoms with van der Waals surface area (Å²) in [5.41, 5.74) is 1.23. The second-order valence-electron chi connectivity index (χ2n) is 7.10. The minimum atomic E-state index is -4.41. The van der Waals surface area contributed by atoms with E-state index in [2.05, 4.69) is 4.99 Å². The summed E-state index contributed by atoms with van der Waals surface area (Å²) < 4.78 is 49.8. The van der Waals surface area contributed by atoms with Crippen molar-refractivity contribution in [1.82, 2.24) is 0 Å². The van der Waals surface area contributed by atoms with Crippen LogP contribution in [0.5, 0.6) is 11.5 Å². The van der Waals surface area contributed by atoms with Crippen LogP contribution in [0.25, 0.3) is 6.08 Å². The van der Waals surface area contributed by atoms with E-state index in [9.17, 15) is 18.0 Å². The number of rotatable bonds is 6. The molecule has 3 aromatic rings. The maximum atomic E-state index is 12.9. The van der Waals surface area contributed by atoms with Gasteiger partial charge in [-0.2, -0.15) is 13.2 Å². The van der Waals surface area contributed by atoms with E-state index in [1.807, 2.05) is 30.3 Å². The molecule has 33 heavy (non-hydrogen) atoms. The van der Waals surface area contributed by atoms with Crippen LogP contribution in [0.4, 0.5) is 13.2 Å². The second kappa shape index (κ2) is 9.54. The van der Waals surface area contributed by atoms with E-state index in [-0.39, 0.29) is 12.5 Å². The van der Waals surface area contributed by atoms with Crippen molar-refractivity contribution >= 4 is 28.8 Å². The first kappa shape index (κ1) is 22.7. The van der Waals surface area contributed by atoms with Crippen LogP contribution in [0.15, 0.2) is 82.7 Å². The molecular formula is C25H18F3NO3S. The van der Waals surface area contributed by atoms with Crippen LogP contribution in [0.3, 0.4) is 0 Å². The van der Waals surface area contributed by atoms with E-state index in [0.29, 0.717) is 32.6 Å². The Kier molecular flexibility index (Phi) is 6.55. The van der Waals surface area contributed by atoms with Crippen molar-refractivity contribution in [1.29, 1.82) is 0 Å². The Labute approximate surface area is 192 Å². The molecule has 0 saturated carbocycles. The number of alkyl halides is 3. The van der Waals surface area contributed by atoms with E-state index >= 15 is 0 Å². The first-order valence-electron chi connectivity index (χ1n) is 9.88. The van der Waals surface area contributed by atoms with Gasteiger partial charge < -0.3 is 9.47 Å². The van der Waals surface area contributed by atoms with Crippen LogP contribution in [-0.4, -0.2) is 18.1 Å². The Hall–Kier alpha value is -3.52. The summed E-state index contributed by atoms with van der Waals surface area (Å²) in [5.74, 6) is 0.461. The average Bonchev–Trinajstić information content (AvgIpc) is 3.18. The third kappa shape index (κ3) is 5.46. The predicted molar refractivity (Wildman–Crippen MR) is 122 cm³/mol. The average molecular weight is 469 g/mol. The van der Waals surface area contributed by atoms with E-state index in [1.165, 1.54) is 24.9 Å². The maximum absolute atomic E-state index is 12.9. The van der Waals surface area contributed by atoms with Crippen molar-refractivity contribution in [3.8, 4) is 11.5 Å². The molecule has 0 N–H and O–H groups in total. The molecule has 0 radical (unpaired) electrons. The van der Waals surface area contributed by atoms with Crippen LogP contribution < -0.4 is 9.47 Å². The molecule has 1 heterocycles. The normalized spacial score (nSPS) is 15.0. The van der Waals surface area contributed by atoms with Crippen LogP contribution in [0, 0.1) is 0 Å². The molecule has 0 aliphatic carbocycles. The lowest BCUT2D eigenvalue weighted by Crippen LogP contribution is -2.06. The van der Waals surface area contributed by atoms with Crippen molar-refractivity contribution in [3.63, 3.8) is 0 Å². The highest BCUT2D eigenvalue weighted by molar-refractivity contribution is 8.19. The van der Waals surface area contributed by atoms with E-state index in [4.69, 9.17) is 9.47 Å². The van der Waals surface area contributed by atoms with Gasteiger partial charge in [-0.05, 0) is 41.5 Å². The number of thioether (sulfide) groups is 1. The van der Waals surface area contributed by atoms with E-state index in [0.717, 1.165) is 17.7 Å². The van der Waals surface area contributed by atoms with Gasteiger partial charge in [0.25, 0.3) is 5.91 Å². The number of aliphatic imine (C=N–C) groups is 1. The number of benzene rings is 3. The fourth-order valence-electron chi connectivity index (χ4n) is 3.16. The minimum Gasteiger partial charge on any atom is -0.493 e. The van der Waals surface area contributed by atoms with Crippen molar-refractivity contribution in [2.75, 3.05) is 7.11 Å². The maximum Gasteiger partial charge on any atom is 0.416 e. The number of carbonyl (C=O) groups is 1. The molecule has 4 rings (SSSR count). The summed E-state index contributed by atoms with van der Waals surface area (Å²) in [5, 5.41) is 0.639. The molecule has 8 heteroatoms. The van der Waals surface area contributed by atoms with Crippen molar-refractivity contribution in [2.45, 2.75) is 12.8 Å². The zero-order valence-corrected chi connectivity index (χ0v) is 18.2.